The second-order valence-electron chi connectivity index (χ2n) is 9.80. The van der Waals surface area contributed by atoms with Crippen molar-refractivity contribution in [1.29, 1.82) is 0 Å². The van der Waals surface area contributed by atoms with Gasteiger partial charge in [-0.1, -0.05) is 122 Å². The number of rotatable bonds is 2. The van der Waals surface area contributed by atoms with Crippen molar-refractivity contribution in [2.75, 3.05) is 0 Å². The normalized spacial score (nSPS) is 14.7. The fourth-order valence-corrected chi connectivity index (χ4v) is 6.80. The van der Waals surface area contributed by atoms with E-state index in [1.807, 2.05) is 11.3 Å². The Kier molecular flexibility index (Phi) is 5.65. The summed E-state index contributed by atoms with van der Waals surface area (Å²) in [5.41, 5.74) is 11.0. The van der Waals surface area contributed by atoms with Gasteiger partial charge in [0.25, 0.3) is 0 Å². The van der Waals surface area contributed by atoms with Crippen molar-refractivity contribution < 1.29 is 0 Å². The molecule has 7 rings (SSSR count). The van der Waals surface area contributed by atoms with Crippen LogP contribution in [0.4, 0.5) is 0 Å². The van der Waals surface area contributed by atoms with Crippen LogP contribution in [0.3, 0.4) is 0 Å². The van der Waals surface area contributed by atoms with Gasteiger partial charge in [0.2, 0.25) is 0 Å². The largest absolute Gasteiger partial charge is 0.135 e. The topological polar surface area (TPSA) is 0 Å². The zero-order valence-electron chi connectivity index (χ0n) is 21.0. The maximum absolute atomic E-state index is 4.44. The molecule has 0 fully saturated rings. The second-order valence-corrected chi connectivity index (χ2v) is 10.8. The first-order chi connectivity index (χ1) is 18.8. The van der Waals surface area contributed by atoms with Crippen LogP contribution < -0.4 is 0 Å². The number of allylic oxidation sites excluding steroid dienone is 5. The predicted octanol–water partition coefficient (Wildman–Crippen LogP) is 10.7. The summed E-state index contributed by atoms with van der Waals surface area (Å²) in [6.45, 7) is 4.44. The predicted molar refractivity (Wildman–Crippen MR) is 167 cm³/mol. The molecule has 0 aliphatic heterocycles. The van der Waals surface area contributed by atoms with Gasteiger partial charge in [0, 0.05) is 20.2 Å². The average molecular weight is 503 g/mol. The van der Waals surface area contributed by atoms with Crippen LogP contribution in [-0.4, -0.2) is 0 Å². The molecule has 6 aromatic rings. The van der Waals surface area contributed by atoms with Crippen LogP contribution in [0.5, 0.6) is 0 Å². The summed E-state index contributed by atoms with van der Waals surface area (Å²) in [5, 5.41) is 2.66. The van der Waals surface area contributed by atoms with E-state index in [9.17, 15) is 0 Å². The molecule has 0 bridgehead atoms. The summed E-state index contributed by atoms with van der Waals surface area (Å²) in [6.07, 6.45) is 9.46. The minimum atomic E-state index is 0.916. The lowest BCUT2D eigenvalue weighted by atomic mass is 9.87. The molecule has 0 spiro atoms. The van der Waals surface area contributed by atoms with Crippen molar-refractivity contribution in [3.05, 3.63) is 151 Å². The number of fused-ring (bicyclic) bond motifs is 6. The summed E-state index contributed by atoms with van der Waals surface area (Å²) < 4.78 is 2.68. The van der Waals surface area contributed by atoms with Gasteiger partial charge in [-0.25, -0.2) is 0 Å². The van der Waals surface area contributed by atoms with E-state index in [0.717, 1.165) is 12.0 Å². The van der Waals surface area contributed by atoms with Gasteiger partial charge < -0.3 is 0 Å². The van der Waals surface area contributed by atoms with Crippen LogP contribution in [0.1, 0.15) is 11.1 Å². The van der Waals surface area contributed by atoms with E-state index in [1.54, 1.807) is 0 Å². The molecule has 0 atom stereocenters. The van der Waals surface area contributed by atoms with Crippen LogP contribution in [0, 0.1) is 0 Å². The molecule has 1 heteroatoms. The first-order valence-electron chi connectivity index (χ1n) is 13.0. The SMILES string of the molecule is C=C1/C=C\C=C/Cc2ccccc2-c2ccc(-c3cccc(-c4cccc5c4sc4ccccc45)c3)cc21. The summed E-state index contributed by atoms with van der Waals surface area (Å²) >= 11 is 1.88. The van der Waals surface area contributed by atoms with Gasteiger partial charge in [0.15, 0.2) is 0 Å². The van der Waals surface area contributed by atoms with Crippen LogP contribution in [0.25, 0.3) is 59.1 Å². The van der Waals surface area contributed by atoms with Crippen LogP contribution in [0.2, 0.25) is 0 Å². The second kappa shape index (κ2) is 9.45. The molecule has 0 saturated carbocycles. The van der Waals surface area contributed by atoms with Crippen molar-refractivity contribution in [3.63, 3.8) is 0 Å². The van der Waals surface area contributed by atoms with Crippen molar-refractivity contribution in [2.24, 2.45) is 0 Å². The Morgan fingerprint density at radius 2 is 1.32 bits per heavy atom. The number of thiophene rings is 1. The zero-order valence-corrected chi connectivity index (χ0v) is 21.8. The summed E-state index contributed by atoms with van der Waals surface area (Å²) in [5.74, 6) is 0. The quantitative estimate of drug-likeness (QED) is 0.221. The van der Waals surface area contributed by atoms with Gasteiger partial charge in [-0.05, 0) is 74.7 Å². The van der Waals surface area contributed by atoms with E-state index in [1.165, 1.54) is 64.7 Å². The molecule has 1 aromatic heterocycles. The van der Waals surface area contributed by atoms with E-state index in [2.05, 4.69) is 140 Å². The molecule has 0 unspecified atom stereocenters. The molecule has 5 aromatic carbocycles. The minimum absolute atomic E-state index is 0.916. The summed E-state index contributed by atoms with van der Waals surface area (Å²) in [7, 11) is 0. The van der Waals surface area contributed by atoms with Crippen molar-refractivity contribution >= 4 is 37.1 Å². The van der Waals surface area contributed by atoms with Crippen LogP contribution in [-0.2, 0) is 6.42 Å². The molecule has 0 radical (unpaired) electrons. The Balaban J connectivity index is 1.37. The molecule has 0 nitrogen and oxygen atoms in total. The molecule has 0 saturated heterocycles. The molecule has 180 valence electrons. The Morgan fingerprint density at radius 3 is 2.29 bits per heavy atom. The third kappa shape index (κ3) is 3.93. The van der Waals surface area contributed by atoms with Crippen molar-refractivity contribution in [3.8, 4) is 33.4 Å². The maximum atomic E-state index is 4.44. The molecule has 1 aliphatic carbocycles. The molecule has 1 aliphatic rings. The van der Waals surface area contributed by atoms with E-state index >= 15 is 0 Å². The Morgan fingerprint density at radius 1 is 0.553 bits per heavy atom. The third-order valence-corrected chi connectivity index (χ3v) is 8.69. The van der Waals surface area contributed by atoms with Crippen molar-refractivity contribution in [2.45, 2.75) is 6.42 Å². The van der Waals surface area contributed by atoms with E-state index in [-0.39, 0.29) is 0 Å². The Hall–Kier alpha value is -4.46. The highest BCUT2D eigenvalue weighted by Gasteiger charge is 2.14. The van der Waals surface area contributed by atoms with Gasteiger partial charge in [-0.15, -0.1) is 11.3 Å². The number of hydrogen-bond donors (Lipinski definition) is 0. The van der Waals surface area contributed by atoms with E-state index in [4.69, 9.17) is 0 Å². The first kappa shape index (κ1) is 22.7. The van der Waals surface area contributed by atoms with Gasteiger partial charge in [-0.3, -0.25) is 0 Å². The van der Waals surface area contributed by atoms with Crippen LogP contribution >= 0.6 is 11.3 Å². The van der Waals surface area contributed by atoms with Gasteiger partial charge in [0.1, 0.15) is 0 Å². The highest BCUT2D eigenvalue weighted by molar-refractivity contribution is 7.26. The number of hydrogen-bond acceptors (Lipinski definition) is 1. The highest BCUT2D eigenvalue weighted by Crippen LogP contribution is 2.41. The summed E-state index contributed by atoms with van der Waals surface area (Å²) in [6, 6.07) is 39.9. The lowest BCUT2D eigenvalue weighted by Gasteiger charge is -2.16. The number of benzene rings is 5. The molecule has 38 heavy (non-hydrogen) atoms. The fraction of sp³-hybridized carbons (Fsp3) is 0.0270. The Bertz CT molecular complexity index is 1910. The van der Waals surface area contributed by atoms with E-state index in [0.29, 0.717) is 0 Å². The molecule has 1 heterocycles. The lowest BCUT2D eigenvalue weighted by molar-refractivity contribution is 1.27. The molecule has 0 amide bonds. The molecule has 0 N–H and O–H groups in total. The molecular weight excluding hydrogens is 476 g/mol. The lowest BCUT2D eigenvalue weighted by Crippen LogP contribution is -1.94. The highest BCUT2D eigenvalue weighted by atomic mass is 32.1. The van der Waals surface area contributed by atoms with Gasteiger partial charge in [0.05, 0.1) is 0 Å². The smallest absolute Gasteiger partial charge is 0.0433 e. The van der Waals surface area contributed by atoms with Crippen molar-refractivity contribution in [1.82, 2.24) is 0 Å². The van der Waals surface area contributed by atoms with Crippen LogP contribution in [0.15, 0.2) is 140 Å². The van der Waals surface area contributed by atoms with E-state index < -0.39 is 0 Å². The average Bonchev–Trinajstić information content (AvgIpc) is 3.36. The monoisotopic (exact) mass is 502 g/mol. The first-order valence-corrected chi connectivity index (χ1v) is 13.8. The molecular formula is C37H26S. The third-order valence-electron chi connectivity index (χ3n) is 7.47. The maximum Gasteiger partial charge on any atom is 0.0433 e. The standard InChI is InChI=1S/C37H26S/c1-25-11-3-2-4-12-26-13-5-6-16-30(26)32-22-21-28(24-35(25)32)27-14-9-15-29(23-27)31-18-10-19-34-33-17-7-8-20-36(33)38-37(31)34/h2-11,13-24H,1,12H2/b4-2-,11-3-. The minimum Gasteiger partial charge on any atom is -0.135 e. The van der Waals surface area contributed by atoms with Gasteiger partial charge >= 0.3 is 0 Å². The van der Waals surface area contributed by atoms with Gasteiger partial charge in [-0.2, -0.15) is 0 Å². The zero-order chi connectivity index (χ0) is 25.5. The Labute approximate surface area is 227 Å². The summed E-state index contributed by atoms with van der Waals surface area (Å²) in [4.78, 5) is 0. The fourth-order valence-electron chi connectivity index (χ4n) is 5.56.